The maximum Gasteiger partial charge on any atom is 0.305 e. The van der Waals surface area contributed by atoms with Crippen LogP contribution in [0.15, 0.2) is 0 Å². The SMILES string of the molecule is CCCCO[C@@H]1[C@@H](O[C@@H]2[C@@H](OC(C)=O)O[C@@H](CO)[C@@H](O)[C@@H]2OC(C)=O)O[C@H](COC(C)=O)[C@@H](OC(C)=O)[C@@H]1OC(C)=O. The summed E-state index contributed by atoms with van der Waals surface area (Å²) in [5.41, 5.74) is 0. The molecule has 0 amide bonds. The molecule has 240 valence electrons. The van der Waals surface area contributed by atoms with Crippen LogP contribution in [0.25, 0.3) is 0 Å². The summed E-state index contributed by atoms with van der Waals surface area (Å²) in [5.74, 6) is -3.89. The van der Waals surface area contributed by atoms with Crippen molar-refractivity contribution in [2.45, 2.75) is 116 Å². The number of carbonyl (C=O) groups excluding carboxylic acids is 5. The number of ether oxygens (including phenoxy) is 9. The molecule has 2 N–H and O–H groups in total. The summed E-state index contributed by atoms with van der Waals surface area (Å²) in [4.78, 5) is 59.7. The lowest BCUT2D eigenvalue weighted by atomic mass is 9.96. The molecular formula is C26H40O16. The van der Waals surface area contributed by atoms with Gasteiger partial charge in [0.2, 0.25) is 6.29 Å². The van der Waals surface area contributed by atoms with Crippen LogP contribution >= 0.6 is 0 Å². The first-order valence-electron chi connectivity index (χ1n) is 13.5. The van der Waals surface area contributed by atoms with Crippen molar-refractivity contribution in [3.05, 3.63) is 0 Å². The van der Waals surface area contributed by atoms with E-state index in [0.717, 1.165) is 34.6 Å². The summed E-state index contributed by atoms with van der Waals surface area (Å²) < 4.78 is 50.2. The number of aliphatic hydroxyl groups is 2. The van der Waals surface area contributed by atoms with Crippen LogP contribution < -0.4 is 0 Å². The lowest BCUT2D eigenvalue weighted by Crippen LogP contribution is -2.66. The fraction of sp³-hybridized carbons (Fsp3) is 0.808. The maximum absolute atomic E-state index is 12.2. The minimum absolute atomic E-state index is 0.112. The Labute approximate surface area is 242 Å². The van der Waals surface area contributed by atoms with Crippen molar-refractivity contribution in [1.82, 2.24) is 0 Å². The number of carbonyl (C=O) groups is 5. The number of esters is 5. The van der Waals surface area contributed by atoms with E-state index < -0.39 is 104 Å². The molecule has 2 saturated heterocycles. The average molecular weight is 609 g/mol. The van der Waals surface area contributed by atoms with E-state index >= 15 is 0 Å². The van der Waals surface area contributed by atoms with Gasteiger partial charge >= 0.3 is 29.8 Å². The lowest BCUT2D eigenvalue weighted by molar-refractivity contribution is -0.366. The van der Waals surface area contributed by atoms with Crippen LogP contribution in [0.4, 0.5) is 0 Å². The molecule has 0 bridgehead atoms. The summed E-state index contributed by atoms with van der Waals surface area (Å²) in [7, 11) is 0. The number of hydrogen-bond acceptors (Lipinski definition) is 16. The molecule has 2 fully saturated rings. The van der Waals surface area contributed by atoms with Crippen molar-refractivity contribution in [3.63, 3.8) is 0 Å². The Morgan fingerprint density at radius 3 is 1.74 bits per heavy atom. The normalized spacial score (nSPS) is 32.8. The topological polar surface area (TPSA) is 209 Å². The fourth-order valence-corrected chi connectivity index (χ4v) is 4.45. The van der Waals surface area contributed by atoms with Gasteiger partial charge in [-0.05, 0) is 6.42 Å². The number of hydrogen-bond donors (Lipinski definition) is 2. The summed E-state index contributed by atoms with van der Waals surface area (Å²) in [6.07, 6.45) is -13.3. The van der Waals surface area contributed by atoms with Crippen LogP contribution in [0, 0.1) is 0 Å². The molecule has 2 rings (SSSR count). The average Bonchev–Trinajstić information content (AvgIpc) is 2.88. The van der Waals surface area contributed by atoms with Crippen molar-refractivity contribution in [1.29, 1.82) is 0 Å². The molecule has 0 spiro atoms. The van der Waals surface area contributed by atoms with Crippen LogP contribution in [0.2, 0.25) is 0 Å². The van der Waals surface area contributed by atoms with Gasteiger partial charge in [-0.1, -0.05) is 13.3 Å². The molecule has 0 aliphatic carbocycles. The van der Waals surface area contributed by atoms with Crippen LogP contribution in [0.3, 0.4) is 0 Å². The van der Waals surface area contributed by atoms with Gasteiger partial charge in [-0.25, -0.2) is 0 Å². The van der Waals surface area contributed by atoms with Crippen molar-refractivity contribution < 1.29 is 76.8 Å². The van der Waals surface area contributed by atoms with E-state index in [2.05, 4.69) is 0 Å². The molecule has 16 heteroatoms. The molecule has 0 unspecified atom stereocenters. The third-order valence-corrected chi connectivity index (χ3v) is 6.13. The second kappa shape index (κ2) is 16.7. The van der Waals surface area contributed by atoms with Crippen molar-refractivity contribution >= 4 is 29.8 Å². The molecule has 16 nitrogen and oxygen atoms in total. The molecule has 0 aromatic rings. The highest BCUT2D eigenvalue weighted by molar-refractivity contribution is 5.68. The molecule has 2 aliphatic heterocycles. The molecule has 2 aliphatic rings. The zero-order valence-corrected chi connectivity index (χ0v) is 24.4. The zero-order valence-electron chi connectivity index (χ0n) is 24.4. The van der Waals surface area contributed by atoms with Crippen molar-refractivity contribution in [2.75, 3.05) is 19.8 Å². The van der Waals surface area contributed by atoms with Gasteiger partial charge in [0.05, 0.1) is 6.61 Å². The van der Waals surface area contributed by atoms with Crippen LogP contribution in [0.1, 0.15) is 54.4 Å². The quantitative estimate of drug-likeness (QED) is 0.150. The monoisotopic (exact) mass is 608 g/mol. The van der Waals surface area contributed by atoms with Gasteiger partial charge in [0.1, 0.15) is 31.0 Å². The van der Waals surface area contributed by atoms with E-state index in [0.29, 0.717) is 12.8 Å². The smallest absolute Gasteiger partial charge is 0.305 e. The molecule has 0 aromatic heterocycles. The predicted octanol–water partition coefficient (Wildman–Crippen LogP) is -0.719. The Kier molecular flexibility index (Phi) is 14.0. The van der Waals surface area contributed by atoms with Gasteiger partial charge < -0.3 is 52.8 Å². The molecular weight excluding hydrogens is 568 g/mol. The minimum atomic E-state index is -1.64. The first kappa shape index (κ1) is 35.3. The Bertz CT molecular complexity index is 939. The second-order valence-electron chi connectivity index (χ2n) is 9.68. The van der Waals surface area contributed by atoms with Crippen LogP contribution in [0.5, 0.6) is 0 Å². The standard InChI is InChI=1S/C26H40O16/c1-7-8-9-34-23-22(38-15(5)31)20(36-13(3)29)18(11-35-12(2)28)41-25(23)42-24-21(37-14(4)30)19(33)17(10-27)40-26(24)39-16(6)32/h17-27,33H,7-11H2,1-6H3/t17-,18+,19+,20+,21-,22-,23-,24-,25+,26-/m0/s1. The van der Waals surface area contributed by atoms with E-state index in [4.69, 9.17) is 42.6 Å². The Hall–Kier alpha value is -2.89. The van der Waals surface area contributed by atoms with E-state index in [1.165, 1.54) is 0 Å². The Balaban J connectivity index is 2.59. The summed E-state index contributed by atoms with van der Waals surface area (Å²) in [6.45, 7) is 6.34. The number of rotatable bonds is 13. The molecule has 2 heterocycles. The van der Waals surface area contributed by atoms with Gasteiger partial charge in [-0.15, -0.1) is 0 Å². The van der Waals surface area contributed by atoms with Gasteiger partial charge in [-0.2, -0.15) is 0 Å². The second-order valence-corrected chi connectivity index (χ2v) is 9.68. The van der Waals surface area contributed by atoms with Gasteiger partial charge in [-0.3, -0.25) is 24.0 Å². The van der Waals surface area contributed by atoms with Gasteiger partial charge in [0, 0.05) is 41.2 Å². The van der Waals surface area contributed by atoms with Crippen molar-refractivity contribution in [2.24, 2.45) is 0 Å². The van der Waals surface area contributed by atoms with Gasteiger partial charge in [0.15, 0.2) is 30.7 Å². The highest BCUT2D eigenvalue weighted by Crippen LogP contribution is 2.34. The zero-order chi connectivity index (χ0) is 31.6. The van der Waals surface area contributed by atoms with E-state index in [-0.39, 0.29) is 6.61 Å². The van der Waals surface area contributed by atoms with Gasteiger partial charge in [0.25, 0.3) is 0 Å². The molecule has 0 saturated carbocycles. The first-order chi connectivity index (χ1) is 19.8. The molecule has 0 aromatic carbocycles. The van der Waals surface area contributed by atoms with Crippen molar-refractivity contribution in [3.8, 4) is 0 Å². The number of unbranched alkanes of at least 4 members (excludes halogenated alkanes) is 1. The largest absolute Gasteiger partial charge is 0.463 e. The lowest BCUT2D eigenvalue weighted by Gasteiger charge is -2.48. The molecule has 0 radical (unpaired) electrons. The Morgan fingerprint density at radius 1 is 0.667 bits per heavy atom. The summed E-state index contributed by atoms with van der Waals surface area (Å²) in [6, 6.07) is 0. The van der Waals surface area contributed by atoms with E-state index in [1.54, 1.807) is 0 Å². The molecule has 42 heavy (non-hydrogen) atoms. The van der Waals surface area contributed by atoms with E-state index in [1.807, 2.05) is 6.92 Å². The fourth-order valence-electron chi connectivity index (χ4n) is 4.45. The third kappa shape index (κ3) is 10.1. The van der Waals surface area contributed by atoms with E-state index in [9.17, 15) is 34.2 Å². The highest BCUT2D eigenvalue weighted by atomic mass is 16.8. The maximum atomic E-state index is 12.2. The predicted molar refractivity (Wildman–Crippen MR) is 135 cm³/mol. The first-order valence-corrected chi connectivity index (χ1v) is 13.5. The summed E-state index contributed by atoms with van der Waals surface area (Å²) in [5, 5.41) is 20.5. The third-order valence-electron chi connectivity index (χ3n) is 6.13. The minimum Gasteiger partial charge on any atom is -0.463 e. The Morgan fingerprint density at radius 2 is 1.21 bits per heavy atom. The molecule has 10 atom stereocenters. The van der Waals surface area contributed by atoms with Crippen LogP contribution in [-0.4, -0.2) is 121 Å². The number of aliphatic hydroxyl groups excluding tert-OH is 2. The van der Waals surface area contributed by atoms with Crippen LogP contribution in [-0.2, 0) is 66.6 Å². The summed E-state index contributed by atoms with van der Waals surface area (Å²) >= 11 is 0. The highest BCUT2D eigenvalue weighted by Gasteiger charge is 2.56.